The summed E-state index contributed by atoms with van der Waals surface area (Å²) in [5.74, 6) is 2.09. The molecule has 4 heterocycles. The number of benzene rings is 3. The molecule has 0 radical (unpaired) electrons. The highest BCUT2D eigenvalue weighted by molar-refractivity contribution is 5.93. The maximum Gasteiger partial charge on any atom is 0.239 e. The SMILES string of the molecule is CC(=O)C1CCC(N2CC(NC(=O)CNc3nn(C)c4ccc(C)cc34)C2)CC1.Cc1ccc2c(c1)c(NCC(=O)NC1CN(C3CCC(O)(c4ccccc4)CC3)C1)nn2C. The maximum atomic E-state index is 12.5. The largest absolute Gasteiger partial charge is 0.385 e. The van der Waals surface area contributed by atoms with E-state index in [0.717, 1.165) is 117 Å². The molecular formula is C48H64N10O4. The summed E-state index contributed by atoms with van der Waals surface area (Å²) < 4.78 is 3.67. The molecule has 0 atom stereocenters. The Bertz CT molecular complexity index is 2360. The zero-order valence-corrected chi connectivity index (χ0v) is 37.0. The van der Waals surface area contributed by atoms with Crippen molar-refractivity contribution < 1.29 is 19.5 Å². The molecule has 330 valence electrons. The number of aryl methyl sites for hydroxylation is 4. The van der Waals surface area contributed by atoms with Crippen LogP contribution in [-0.4, -0.2) is 116 Å². The first-order chi connectivity index (χ1) is 29.8. The van der Waals surface area contributed by atoms with Crippen LogP contribution in [0.3, 0.4) is 0 Å². The maximum absolute atomic E-state index is 12.5. The lowest BCUT2D eigenvalue weighted by molar-refractivity contribution is -0.123. The van der Waals surface area contributed by atoms with E-state index in [9.17, 15) is 19.5 Å². The van der Waals surface area contributed by atoms with Crippen LogP contribution in [0, 0.1) is 19.8 Å². The van der Waals surface area contributed by atoms with E-state index in [2.05, 4.69) is 91.5 Å². The van der Waals surface area contributed by atoms with Gasteiger partial charge in [-0.2, -0.15) is 10.2 Å². The van der Waals surface area contributed by atoms with Gasteiger partial charge in [0.1, 0.15) is 5.78 Å². The van der Waals surface area contributed by atoms with Gasteiger partial charge in [0.05, 0.1) is 41.8 Å². The third-order valence-corrected chi connectivity index (χ3v) is 13.8. The van der Waals surface area contributed by atoms with Crippen molar-refractivity contribution in [1.82, 2.24) is 40.0 Å². The zero-order chi connectivity index (χ0) is 43.5. The fraction of sp³-hybridized carbons (Fsp3) is 0.521. The van der Waals surface area contributed by atoms with Gasteiger partial charge in [-0.15, -0.1) is 0 Å². The number of amides is 2. The minimum atomic E-state index is -0.698. The van der Waals surface area contributed by atoms with E-state index in [1.807, 2.05) is 53.8 Å². The molecule has 14 heteroatoms. The normalized spacial score (nSPS) is 23.5. The van der Waals surface area contributed by atoms with E-state index in [1.54, 1.807) is 6.92 Å². The summed E-state index contributed by atoms with van der Waals surface area (Å²) in [7, 11) is 3.83. The van der Waals surface area contributed by atoms with Crippen LogP contribution in [0.5, 0.6) is 0 Å². The molecule has 2 aromatic heterocycles. The van der Waals surface area contributed by atoms with Gasteiger partial charge in [-0.05, 0) is 102 Å². The van der Waals surface area contributed by atoms with Crippen LogP contribution in [0.4, 0.5) is 11.6 Å². The number of fused-ring (bicyclic) bond motifs is 2. The van der Waals surface area contributed by atoms with Crippen molar-refractivity contribution in [1.29, 1.82) is 0 Å². The molecule has 4 aliphatic rings. The van der Waals surface area contributed by atoms with Crippen LogP contribution in [-0.2, 0) is 34.1 Å². The molecule has 5 aromatic rings. The average molecular weight is 845 g/mol. The van der Waals surface area contributed by atoms with E-state index < -0.39 is 5.60 Å². The van der Waals surface area contributed by atoms with Gasteiger partial charge in [-0.1, -0.05) is 53.6 Å². The first-order valence-corrected chi connectivity index (χ1v) is 22.5. The molecule has 2 amide bonds. The Hall–Kier alpha value is -5.31. The van der Waals surface area contributed by atoms with Gasteiger partial charge in [0.25, 0.3) is 0 Å². The predicted octanol–water partition coefficient (Wildman–Crippen LogP) is 5.17. The first-order valence-electron chi connectivity index (χ1n) is 22.5. The summed E-state index contributed by atoms with van der Waals surface area (Å²) >= 11 is 0. The number of ketones is 1. The number of nitrogens with zero attached hydrogens (tertiary/aromatic N) is 6. The molecule has 4 fully saturated rings. The Morgan fingerprint density at radius 2 is 1.11 bits per heavy atom. The molecule has 0 spiro atoms. The molecule has 2 saturated carbocycles. The van der Waals surface area contributed by atoms with Gasteiger partial charge in [0.15, 0.2) is 11.6 Å². The van der Waals surface area contributed by atoms with Gasteiger partial charge in [0.2, 0.25) is 11.8 Å². The van der Waals surface area contributed by atoms with Crippen molar-refractivity contribution in [2.75, 3.05) is 49.9 Å². The summed E-state index contributed by atoms with van der Waals surface area (Å²) in [5, 5.41) is 34.8. The topological polar surface area (TPSA) is 162 Å². The number of hydrogen-bond donors (Lipinski definition) is 5. The second kappa shape index (κ2) is 18.6. The number of likely N-dealkylation sites (tertiary alicyclic amines) is 2. The van der Waals surface area contributed by atoms with Crippen molar-refractivity contribution in [3.63, 3.8) is 0 Å². The van der Waals surface area contributed by atoms with Gasteiger partial charge >= 0.3 is 0 Å². The van der Waals surface area contributed by atoms with Gasteiger partial charge in [-0.3, -0.25) is 33.5 Å². The Balaban J connectivity index is 0.000000172. The quantitative estimate of drug-likeness (QED) is 0.113. The van der Waals surface area contributed by atoms with Crippen molar-refractivity contribution in [2.45, 2.75) is 102 Å². The third-order valence-electron chi connectivity index (χ3n) is 13.8. The molecule has 14 nitrogen and oxygen atoms in total. The fourth-order valence-corrected chi connectivity index (χ4v) is 10.0. The van der Waals surface area contributed by atoms with Crippen LogP contribution in [0.25, 0.3) is 21.8 Å². The van der Waals surface area contributed by atoms with E-state index in [4.69, 9.17) is 0 Å². The number of rotatable bonds is 12. The third kappa shape index (κ3) is 9.82. The van der Waals surface area contributed by atoms with Crippen LogP contribution in [0.15, 0.2) is 66.7 Å². The molecular weight excluding hydrogens is 781 g/mol. The zero-order valence-electron chi connectivity index (χ0n) is 37.0. The number of Topliss-reactive ketones (excluding diaryl/α,β-unsaturated/α-hetero) is 1. The number of hydrogen-bond acceptors (Lipinski definition) is 10. The van der Waals surface area contributed by atoms with Crippen LogP contribution >= 0.6 is 0 Å². The first kappa shape index (κ1) is 43.3. The molecule has 5 N–H and O–H groups in total. The molecule has 62 heavy (non-hydrogen) atoms. The predicted molar refractivity (Wildman–Crippen MR) is 244 cm³/mol. The fourth-order valence-electron chi connectivity index (χ4n) is 10.0. The lowest BCUT2D eigenvalue weighted by Crippen LogP contribution is -2.63. The van der Waals surface area contributed by atoms with E-state index in [1.165, 1.54) is 11.1 Å². The van der Waals surface area contributed by atoms with E-state index in [0.29, 0.717) is 17.9 Å². The Morgan fingerprint density at radius 1 is 0.661 bits per heavy atom. The van der Waals surface area contributed by atoms with Crippen LogP contribution in [0.2, 0.25) is 0 Å². The summed E-state index contributed by atoms with van der Waals surface area (Å²) in [5.41, 5.74) is 4.76. The minimum absolute atomic E-state index is 0.00129. The van der Waals surface area contributed by atoms with Crippen LogP contribution < -0.4 is 21.3 Å². The van der Waals surface area contributed by atoms with Crippen molar-refractivity contribution in [2.24, 2.45) is 20.0 Å². The Kier molecular flexibility index (Phi) is 13.0. The standard InChI is InChI=1S/C26H33N5O2.C22H31N5O2/c1-18-8-9-23-22(14-18)25(29-30(23)2)27-15-24(32)28-20-16-31(17-20)21-10-12-26(33,13-11-21)19-6-4-3-5-7-19;1-14-4-9-20-19(10-14)22(25-26(20)3)23-11-21(29)24-17-12-27(13-17)18-7-5-16(6-8-18)15(2)28/h3-9,14,20-21,33H,10-13,15-17H2,1-2H3,(H,27,29)(H,28,32);4,9-10,16-18H,5-8,11-13H2,1-3H3,(H,23,25)(H,24,29). The summed E-state index contributed by atoms with van der Waals surface area (Å²) in [6.07, 6.45) is 7.76. The summed E-state index contributed by atoms with van der Waals surface area (Å²) in [6.45, 7) is 9.84. The Labute approximate surface area is 364 Å². The monoisotopic (exact) mass is 845 g/mol. The van der Waals surface area contributed by atoms with Crippen LogP contribution in [0.1, 0.15) is 75.0 Å². The van der Waals surface area contributed by atoms with Crippen molar-refractivity contribution in [3.05, 3.63) is 83.4 Å². The molecule has 2 aliphatic carbocycles. The number of aliphatic hydroxyl groups is 1. The highest BCUT2D eigenvalue weighted by atomic mass is 16.3. The number of carbonyl (C=O) groups is 3. The molecule has 2 saturated heterocycles. The summed E-state index contributed by atoms with van der Waals surface area (Å²) in [6, 6.07) is 23.9. The Morgan fingerprint density at radius 3 is 1.56 bits per heavy atom. The lowest BCUT2D eigenvalue weighted by Gasteiger charge is -2.48. The van der Waals surface area contributed by atoms with Crippen molar-refractivity contribution in [3.8, 4) is 0 Å². The smallest absolute Gasteiger partial charge is 0.239 e. The second-order valence-corrected chi connectivity index (χ2v) is 18.4. The average Bonchev–Trinajstić information content (AvgIpc) is 3.72. The number of nitrogens with one attached hydrogen (secondary N) is 4. The number of carbonyl (C=O) groups excluding carboxylic acids is 3. The van der Waals surface area contributed by atoms with Gasteiger partial charge < -0.3 is 26.4 Å². The number of aromatic nitrogens is 4. The molecule has 9 rings (SSSR count). The molecule has 2 aliphatic heterocycles. The molecule has 0 bridgehead atoms. The highest BCUT2D eigenvalue weighted by Gasteiger charge is 2.40. The van der Waals surface area contributed by atoms with E-state index >= 15 is 0 Å². The lowest BCUT2D eigenvalue weighted by atomic mass is 9.76. The van der Waals surface area contributed by atoms with Crippen molar-refractivity contribution >= 4 is 51.0 Å². The number of anilines is 2. The van der Waals surface area contributed by atoms with Gasteiger partial charge in [0, 0.05) is 69.0 Å². The van der Waals surface area contributed by atoms with E-state index in [-0.39, 0.29) is 42.9 Å². The van der Waals surface area contributed by atoms with Gasteiger partial charge in [-0.25, -0.2) is 0 Å². The summed E-state index contributed by atoms with van der Waals surface area (Å²) in [4.78, 5) is 41.3. The minimum Gasteiger partial charge on any atom is -0.385 e. The molecule has 3 aromatic carbocycles. The molecule has 0 unspecified atom stereocenters. The second-order valence-electron chi connectivity index (χ2n) is 18.4. The highest BCUT2D eigenvalue weighted by Crippen LogP contribution is 2.39.